The van der Waals surface area contributed by atoms with Gasteiger partial charge in [0.1, 0.15) is 17.7 Å². The summed E-state index contributed by atoms with van der Waals surface area (Å²) in [4.78, 5) is 27.4. The number of hydrogen-bond acceptors (Lipinski definition) is 2. The van der Waals surface area contributed by atoms with E-state index < -0.39 is 11.9 Å². The summed E-state index contributed by atoms with van der Waals surface area (Å²) < 4.78 is 27.0. The highest BCUT2D eigenvalue weighted by Gasteiger charge is 2.40. The SMILES string of the molecule is O=C(NCc1ccccc1)C1c2cc(F)ccc2C(=O)N1CCc1ccc(F)cc1. The molecule has 0 radical (unpaired) electrons. The van der Waals surface area contributed by atoms with Gasteiger partial charge in [0, 0.05) is 18.7 Å². The maximum absolute atomic E-state index is 13.9. The average Bonchev–Trinajstić information content (AvgIpc) is 3.03. The number of hydrogen-bond donors (Lipinski definition) is 1. The summed E-state index contributed by atoms with van der Waals surface area (Å²) in [6.07, 6.45) is 0.449. The van der Waals surface area contributed by atoms with Crippen LogP contribution in [-0.4, -0.2) is 23.3 Å². The first-order valence-electron chi connectivity index (χ1n) is 9.69. The van der Waals surface area contributed by atoms with E-state index in [0.29, 0.717) is 24.1 Å². The predicted molar refractivity (Wildman–Crippen MR) is 109 cm³/mol. The molecule has 1 N–H and O–H groups in total. The lowest BCUT2D eigenvalue weighted by Gasteiger charge is -2.25. The smallest absolute Gasteiger partial charge is 0.255 e. The van der Waals surface area contributed by atoms with Crippen molar-refractivity contribution < 1.29 is 18.4 Å². The van der Waals surface area contributed by atoms with Crippen molar-refractivity contribution in [2.75, 3.05) is 6.54 Å². The molecule has 1 aliphatic heterocycles. The van der Waals surface area contributed by atoms with Crippen LogP contribution in [-0.2, 0) is 17.8 Å². The van der Waals surface area contributed by atoms with Crippen molar-refractivity contribution >= 4 is 11.8 Å². The molecule has 0 aliphatic carbocycles. The van der Waals surface area contributed by atoms with Crippen molar-refractivity contribution in [3.05, 3.63) is 107 Å². The maximum Gasteiger partial charge on any atom is 0.255 e. The largest absolute Gasteiger partial charge is 0.350 e. The quantitative estimate of drug-likeness (QED) is 0.672. The number of rotatable bonds is 6. The summed E-state index contributed by atoms with van der Waals surface area (Å²) in [7, 11) is 0. The van der Waals surface area contributed by atoms with Gasteiger partial charge < -0.3 is 10.2 Å². The van der Waals surface area contributed by atoms with Gasteiger partial charge in [-0.15, -0.1) is 0 Å². The van der Waals surface area contributed by atoms with E-state index in [-0.39, 0.29) is 24.2 Å². The molecule has 6 heteroatoms. The molecule has 152 valence electrons. The number of benzene rings is 3. The van der Waals surface area contributed by atoms with Crippen molar-refractivity contribution in [2.45, 2.75) is 19.0 Å². The van der Waals surface area contributed by atoms with Gasteiger partial charge in [0.25, 0.3) is 5.91 Å². The Morgan fingerprint density at radius 3 is 2.33 bits per heavy atom. The summed E-state index contributed by atoms with van der Waals surface area (Å²) in [5.74, 6) is -1.51. The van der Waals surface area contributed by atoms with Crippen molar-refractivity contribution in [3.63, 3.8) is 0 Å². The fourth-order valence-electron chi connectivity index (χ4n) is 3.69. The maximum atomic E-state index is 13.9. The van der Waals surface area contributed by atoms with Gasteiger partial charge in [-0.25, -0.2) is 8.78 Å². The second kappa shape index (κ2) is 8.45. The highest BCUT2D eigenvalue weighted by molar-refractivity contribution is 6.04. The van der Waals surface area contributed by atoms with E-state index >= 15 is 0 Å². The Morgan fingerprint density at radius 2 is 1.60 bits per heavy atom. The fraction of sp³-hybridized carbons (Fsp3) is 0.167. The number of carbonyl (C=O) groups is 2. The summed E-state index contributed by atoms with van der Waals surface area (Å²) in [6, 6.07) is 18.4. The van der Waals surface area contributed by atoms with Gasteiger partial charge in [-0.05, 0) is 53.4 Å². The van der Waals surface area contributed by atoms with Gasteiger partial charge in [-0.1, -0.05) is 42.5 Å². The van der Waals surface area contributed by atoms with Gasteiger partial charge in [-0.3, -0.25) is 9.59 Å². The second-order valence-electron chi connectivity index (χ2n) is 7.21. The Morgan fingerprint density at radius 1 is 0.900 bits per heavy atom. The van der Waals surface area contributed by atoms with Crippen LogP contribution in [0.4, 0.5) is 8.78 Å². The number of halogens is 2. The summed E-state index contributed by atoms with van der Waals surface area (Å²) in [5, 5.41) is 2.85. The molecular formula is C24H20F2N2O2. The molecule has 1 unspecified atom stereocenters. The van der Waals surface area contributed by atoms with E-state index in [9.17, 15) is 18.4 Å². The number of nitrogens with zero attached hydrogens (tertiary/aromatic N) is 1. The van der Waals surface area contributed by atoms with E-state index in [1.165, 1.54) is 35.2 Å². The van der Waals surface area contributed by atoms with Gasteiger partial charge in [0.2, 0.25) is 5.91 Å². The minimum Gasteiger partial charge on any atom is -0.350 e. The van der Waals surface area contributed by atoms with Crippen LogP contribution in [0.25, 0.3) is 0 Å². The minimum absolute atomic E-state index is 0.254. The van der Waals surface area contributed by atoms with Crippen LogP contribution in [0.2, 0.25) is 0 Å². The molecule has 3 aromatic rings. The average molecular weight is 406 g/mol. The predicted octanol–water partition coefficient (Wildman–Crippen LogP) is 4.02. The summed E-state index contributed by atoms with van der Waals surface area (Å²) in [5.41, 5.74) is 2.46. The van der Waals surface area contributed by atoms with Crippen molar-refractivity contribution in [3.8, 4) is 0 Å². The Bertz CT molecular complexity index is 1070. The standard InChI is InChI=1S/C24H20F2N2O2/c25-18-8-6-16(7-9-18)12-13-28-22(21-14-19(26)10-11-20(21)24(28)30)23(29)27-15-17-4-2-1-3-5-17/h1-11,14,22H,12-13,15H2,(H,27,29). The van der Waals surface area contributed by atoms with Crippen LogP contribution in [0.1, 0.15) is 33.1 Å². The summed E-state index contributed by atoms with van der Waals surface area (Å²) >= 11 is 0. The van der Waals surface area contributed by atoms with Crippen LogP contribution in [0, 0.1) is 11.6 Å². The van der Waals surface area contributed by atoms with Gasteiger partial charge in [-0.2, -0.15) is 0 Å². The lowest BCUT2D eigenvalue weighted by molar-refractivity contribution is -0.125. The van der Waals surface area contributed by atoms with Crippen LogP contribution in [0.3, 0.4) is 0 Å². The number of carbonyl (C=O) groups excluding carboxylic acids is 2. The molecule has 0 spiro atoms. The Kier molecular flexibility index (Phi) is 5.57. The molecular weight excluding hydrogens is 386 g/mol. The molecule has 0 saturated carbocycles. The van der Waals surface area contributed by atoms with Crippen LogP contribution in [0.5, 0.6) is 0 Å². The molecule has 0 bridgehead atoms. The number of fused-ring (bicyclic) bond motifs is 1. The van der Waals surface area contributed by atoms with Gasteiger partial charge >= 0.3 is 0 Å². The third kappa shape index (κ3) is 4.08. The van der Waals surface area contributed by atoms with E-state index in [0.717, 1.165) is 11.1 Å². The molecule has 3 aromatic carbocycles. The Hall–Kier alpha value is -3.54. The lowest BCUT2D eigenvalue weighted by atomic mass is 10.0. The van der Waals surface area contributed by atoms with Crippen LogP contribution >= 0.6 is 0 Å². The second-order valence-corrected chi connectivity index (χ2v) is 7.21. The van der Waals surface area contributed by atoms with E-state index in [2.05, 4.69) is 5.32 Å². The molecule has 0 fully saturated rings. The number of amides is 2. The highest BCUT2D eigenvalue weighted by Crippen LogP contribution is 2.34. The first kappa shape index (κ1) is 19.8. The molecule has 2 amide bonds. The first-order valence-corrected chi connectivity index (χ1v) is 9.69. The van der Waals surface area contributed by atoms with E-state index in [4.69, 9.17) is 0 Å². The highest BCUT2D eigenvalue weighted by atomic mass is 19.1. The molecule has 4 nitrogen and oxygen atoms in total. The van der Waals surface area contributed by atoms with Crippen LogP contribution < -0.4 is 5.32 Å². The molecule has 30 heavy (non-hydrogen) atoms. The van der Waals surface area contributed by atoms with Crippen LogP contribution in [0.15, 0.2) is 72.8 Å². The molecule has 4 rings (SSSR count). The third-order valence-electron chi connectivity index (χ3n) is 5.22. The minimum atomic E-state index is -0.910. The molecule has 0 saturated heterocycles. The topological polar surface area (TPSA) is 49.4 Å². The van der Waals surface area contributed by atoms with E-state index in [1.807, 2.05) is 30.3 Å². The fourth-order valence-corrected chi connectivity index (χ4v) is 3.69. The Balaban J connectivity index is 1.56. The van der Waals surface area contributed by atoms with Crippen molar-refractivity contribution in [1.29, 1.82) is 0 Å². The van der Waals surface area contributed by atoms with Crippen molar-refractivity contribution in [1.82, 2.24) is 10.2 Å². The third-order valence-corrected chi connectivity index (χ3v) is 5.22. The molecule has 1 aliphatic rings. The van der Waals surface area contributed by atoms with Gasteiger partial charge in [0.05, 0.1) is 0 Å². The zero-order valence-electron chi connectivity index (χ0n) is 16.1. The first-order chi connectivity index (χ1) is 14.5. The zero-order chi connectivity index (χ0) is 21.1. The molecule has 0 aromatic heterocycles. The molecule has 1 atom stereocenters. The van der Waals surface area contributed by atoms with Crippen molar-refractivity contribution in [2.24, 2.45) is 0 Å². The normalized spacial score (nSPS) is 15.2. The van der Waals surface area contributed by atoms with E-state index in [1.54, 1.807) is 12.1 Å². The zero-order valence-corrected chi connectivity index (χ0v) is 16.1. The lowest BCUT2D eigenvalue weighted by Crippen LogP contribution is -2.39. The molecule has 1 heterocycles. The Labute approximate surface area is 173 Å². The number of nitrogens with one attached hydrogen (secondary N) is 1. The monoisotopic (exact) mass is 406 g/mol. The van der Waals surface area contributed by atoms with Gasteiger partial charge in [0.15, 0.2) is 0 Å². The summed E-state index contributed by atoms with van der Waals surface area (Å²) in [6.45, 7) is 0.561.